The van der Waals surface area contributed by atoms with Gasteiger partial charge in [-0.25, -0.2) is 4.79 Å². The van der Waals surface area contributed by atoms with E-state index in [1.54, 1.807) is 0 Å². The molecule has 0 spiro atoms. The summed E-state index contributed by atoms with van der Waals surface area (Å²) in [6.07, 6.45) is -0.569. The molecule has 0 aromatic heterocycles. The molecule has 0 aromatic rings. The highest BCUT2D eigenvalue weighted by atomic mass is 32.2. The van der Waals surface area contributed by atoms with Crippen LogP contribution in [0.5, 0.6) is 0 Å². The molecule has 0 fully saturated rings. The van der Waals surface area contributed by atoms with E-state index in [4.69, 9.17) is 0 Å². The van der Waals surface area contributed by atoms with Crippen molar-refractivity contribution in [2.75, 3.05) is 5.75 Å². The molecule has 1 unspecified atom stereocenters. The Kier molecular flexibility index (Phi) is 6.91. The largest absolute Gasteiger partial charge is 0.435 e. The summed E-state index contributed by atoms with van der Waals surface area (Å²) in [7, 11) is -3.91. The molecular formula is C10H14O7S. The van der Waals surface area contributed by atoms with Gasteiger partial charge < -0.3 is 9.47 Å². The molecule has 0 rings (SSSR count). The van der Waals surface area contributed by atoms with Crippen molar-refractivity contribution in [3.63, 3.8) is 0 Å². The average Bonchev–Trinajstić information content (AvgIpc) is 2.28. The maximum absolute atomic E-state index is 11.4. The highest BCUT2D eigenvalue weighted by Crippen LogP contribution is 2.09. The predicted octanol–water partition coefficient (Wildman–Crippen LogP) is 0.485. The van der Waals surface area contributed by atoms with E-state index < -0.39 is 34.6 Å². The lowest BCUT2D eigenvalue weighted by molar-refractivity contribution is -0.152. The van der Waals surface area contributed by atoms with Gasteiger partial charge in [-0.15, -0.1) is 0 Å². The van der Waals surface area contributed by atoms with Crippen LogP contribution in [0.3, 0.4) is 0 Å². The predicted molar refractivity (Wildman–Crippen MR) is 61.5 cm³/mol. The van der Waals surface area contributed by atoms with Gasteiger partial charge in [-0.3, -0.25) is 8.98 Å². The highest BCUT2D eigenvalue weighted by Gasteiger charge is 2.29. The zero-order chi connectivity index (χ0) is 14.2. The topological polar surface area (TPSA) is 96.0 Å². The van der Waals surface area contributed by atoms with E-state index in [2.05, 4.69) is 26.8 Å². The second-order valence-corrected chi connectivity index (χ2v) is 4.78. The Labute approximate surface area is 105 Å². The first kappa shape index (κ1) is 16.3. The Morgan fingerprint density at radius 2 is 1.78 bits per heavy atom. The van der Waals surface area contributed by atoms with Crippen molar-refractivity contribution in [3.8, 4) is 0 Å². The second kappa shape index (κ2) is 7.62. The number of ether oxygens (including phenoxy) is 2. The van der Waals surface area contributed by atoms with Gasteiger partial charge in [-0.05, 0) is 6.92 Å². The van der Waals surface area contributed by atoms with Crippen molar-refractivity contribution in [2.24, 2.45) is 0 Å². The van der Waals surface area contributed by atoms with Gasteiger partial charge >= 0.3 is 11.9 Å². The molecule has 0 bridgehead atoms. The number of carbonyl (C=O) groups excluding carboxylic acids is 2. The van der Waals surface area contributed by atoms with Crippen LogP contribution >= 0.6 is 0 Å². The molecule has 7 nitrogen and oxygen atoms in total. The minimum atomic E-state index is -3.91. The SMILES string of the molecule is C=COC(=O)CC(OS(=O)(=O)CC)C(=O)OC=C. The fourth-order valence-electron chi connectivity index (χ4n) is 0.852. The lowest BCUT2D eigenvalue weighted by atomic mass is 10.2. The Bertz CT molecular complexity index is 424. The van der Waals surface area contributed by atoms with Crippen molar-refractivity contribution >= 4 is 22.1 Å². The summed E-state index contributed by atoms with van der Waals surface area (Å²) in [6, 6.07) is 0. The molecule has 102 valence electrons. The molecule has 0 aliphatic heterocycles. The van der Waals surface area contributed by atoms with Crippen LogP contribution < -0.4 is 0 Å². The van der Waals surface area contributed by atoms with E-state index in [-0.39, 0.29) is 5.75 Å². The average molecular weight is 278 g/mol. The molecule has 0 saturated carbocycles. The van der Waals surface area contributed by atoms with E-state index in [9.17, 15) is 18.0 Å². The molecule has 0 N–H and O–H groups in total. The summed E-state index contributed by atoms with van der Waals surface area (Å²) in [6.45, 7) is 7.61. The van der Waals surface area contributed by atoms with Crippen molar-refractivity contribution in [1.82, 2.24) is 0 Å². The molecule has 0 aliphatic carbocycles. The van der Waals surface area contributed by atoms with Crippen LogP contribution in [-0.2, 0) is 33.4 Å². The zero-order valence-electron chi connectivity index (χ0n) is 9.83. The van der Waals surface area contributed by atoms with E-state index in [0.29, 0.717) is 0 Å². The number of hydrogen-bond acceptors (Lipinski definition) is 7. The van der Waals surface area contributed by atoms with E-state index in [1.165, 1.54) is 6.92 Å². The molecule has 0 radical (unpaired) electrons. The van der Waals surface area contributed by atoms with E-state index in [0.717, 1.165) is 12.5 Å². The summed E-state index contributed by atoms with van der Waals surface area (Å²) in [5.41, 5.74) is 0. The first-order valence-electron chi connectivity index (χ1n) is 4.89. The minimum Gasteiger partial charge on any atom is -0.435 e. The first-order valence-corrected chi connectivity index (χ1v) is 6.46. The Morgan fingerprint density at radius 3 is 2.22 bits per heavy atom. The molecule has 18 heavy (non-hydrogen) atoms. The van der Waals surface area contributed by atoms with Gasteiger partial charge in [0.2, 0.25) is 0 Å². The monoisotopic (exact) mass is 278 g/mol. The molecule has 0 aliphatic rings. The van der Waals surface area contributed by atoms with E-state index >= 15 is 0 Å². The quantitative estimate of drug-likeness (QED) is 0.362. The number of hydrogen-bond donors (Lipinski definition) is 0. The molecule has 0 amide bonds. The van der Waals surface area contributed by atoms with Crippen molar-refractivity contribution in [1.29, 1.82) is 0 Å². The Hall–Kier alpha value is -1.67. The zero-order valence-corrected chi connectivity index (χ0v) is 10.6. The van der Waals surface area contributed by atoms with Gasteiger partial charge in [-0.2, -0.15) is 8.42 Å². The molecule has 0 aromatic carbocycles. The van der Waals surface area contributed by atoms with Crippen molar-refractivity contribution in [2.45, 2.75) is 19.4 Å². The summed E-state index contributed by atoms with van der Waals surface area (Å²) in [4.78, 5) is 22.5. The highest BCUT2D eigenvalue weighted by molar-refractivity contribution is 7.86. The van der Waals surface area contributed by atoms with Gasteiger partial charge in [0, 0.05) is 0 Å². The number of carbonyl (C=O) groups is 2. The third kappa shape index (κ3) is 6.16. The summed E-state index contributed by atoms with van der Waals surface area (Å²) in [5.74, 6) is -2.27. The fraction of sp³-hybridized carbons (Fsp3) is 0.400. The summed E-state index contributed by atoms with van der Waals surface area (Å²) < 4.78 is 35.7. The van der Waals surface area contributed by atoms with Gasteiger partial charge in [0.25, 0.3) is 10.1 Å². The normalized spacial score (nSPS) is 12.3. The van der Waals surface area contributed by atoms with E-state index in [1.807, 2.05) is 0 Å². The van der Waals surface area contributed by atoms with Crippen LogP contribution in [0.15, 0.2) is 25.7 Å². The van der Waals surface area contributed by atoms with Crippen molar-refractivity contribution in [3.05, 3.63) is 25.7 Å². The number of esters is 2. The maximum atomic E-state index is 11.4. The Morgan fingerprint density at radius 1 is 1.22 bits per heavy atom. The lowest BCUT2D eigenvalue weighted by Crippen LogP contribution is -2.31. The van der Waals surface area contributed by atoms with Crippen LogP contribution in [0.1, 0.15) is 13.3 Å². The molecule has 8 heteroatoms. The van der Waals surface area contributed by atoms with Gasteiger partial charge in [0.05, 0.1) is 24.7 Å². The van der Waals surface area contributed by atoms with Gasteiger partial charge in [0.1, 0.15) is 0 Å². The molecule has 0 heterocycles. The molecule has 1 atom stereocenters. The van der Waals surface area contributed by atoms with Gasteiger partial charge in [-0.1, -0.05) is 13.2 Å². The van der Waals surface area contributed by atoms with Crippen LogP contribution in [0.4, 0.5) is 0 Å². The Balaban J connectivity index is 4.82. The summed E-state index contributed by atoms with van der Waals surface area (Å²) >= 11 is 0. The molecular weight excluding hydrogens is 264 g/mol. The van der Waals surface area contributed by atoms with Crippen LogP contribution in [0.2, 0.25) is 0 Å². The van der Waals surface area contributed by atoms with Crippen LogP contribution in [0, 0.1) is 0 Å². The van der Waals surface area contributed by atoms with Crippen LogP contribution in [-0.4, -0.2) is 32.2 Å². The van der Waals surface area contributed by atoms with Crippen LogP contribution in [0.25, 0.3) is 0 Å². The molecule has 0 saturated heterocycles. The smallest absolute Gasteiger partial charge is 0.342 e. The first-order chi connectivity index (χ1) is 8.36. The number of rotatable bonds is 8. The second-order valence-electron chi connectivity index (χ2n) is 2.90. The minimum absolute atomic E-state index is 0.346. The third-order valence-corrected chi connectivity index (χ3v) is 2.88. The van der Waals surface area contributed by atoms with Gasteiger partial charge in [0.15, 0.2) is 6.10 Å². The summed E-state index contributed by atoms with van der Waals surface area (Å²) in [5, 5.41) is 0. The third-order valence-electron chi connectivity index (χ3n) is 1.65. The van der Waals surface area contributed by atoms with Crippen molar-refractivity contribution < 1.29 is 31.7 Å². The fourth-order valence-corrected chi connectivity index (χ4v) is 1.49. The lowest BCUT2D eigenvalue weighted by Gasteiger charge is -2.13. The standard InChI is InChI=1S/C10H14O7S/c1-4-15-9(11)7-8(10(12)16-5-2)17-18(13,14)6-3/h4-5,8H,1-2,6-7H2,3H3. The maximum Gasteiger partial charge on any atom is 0.342 e.